The molecule has 3 fully saturated rings. The molecule has 0 aromatic heterocycles. The van der Waals surface area contributed by atoms with Gasteiger partial charge in [0.2, 0.25) is 0 Å². The zero-order valence-electron chi connectivity index (χ0n) is 19.9. The summed E-state index contributed by atoms with van der Waals surface area (Å²) in [6.45, 7) is 5.62. The number of rotatable bonds is 6. The van der Waals surface area contributed by atoms with Crippen LogP contribution in [-0.4, -0.2) is 57.8 Å². The molecule has 0 aliphatic heterocycles. The van der Waals surface area contributed by atoms with Crippen molar-refractivity contribution < 1.29 is 29.7 Å². The number of nitrogens with zero attached hydrogens (tertiary/aromatic N) is 1. The van der Waals surface area contributed by atoms with Gasteiger partial charge in [-0.3, -0.25) is 4.79 Å². The first kappa shape index (κ1) is 24.2. The summed E-state index contributed by atoms with van der Waals surface area (Å²) >= 11 is 0. The summed E-state index contributed by atoms with van der Waals surface area (Å²) in [5, 5.41) is 35.5. The number of carbonyl (C=O) groups is 2. The van der Waals surface area contributed by atoms with Gasteiger partial charge in [0.05, 0.1) is 17.9 Å². The van der Waals surface area contributed by atoms with E-state index in [2.05, 4.69) is 30.4 Å². The van der Waals surface area contributed by atoms with Crippen molar-refractivity contribution >= 4 is 17.6 Å². The second-order valence-electron chi connectivity index (χ2n) is 11.1. The molecule has 4 aliphatic carbocycles. The van der Waals surface area contributed by atoms with Gasteiger partial charge >= 0.3 is 5.97 Å². The Morgan fingerprint density at radius 3 is 2.64 bits per heavy atom. The highest BCUT2D eigenvalue weighted by atomic mass is 16.6. The van der Waals surface area contributed by atoms with Gasteiger partial charge in [0.25, 0.3) is 5.91 Å². The van der Waals surface area contributed by atoms with Gasteiger partial charge < -0.3 is 25.5 Å². The molecule has 4 aliphatic rings. The highest BCUT2D eigenvalue weighted by Crippen LogP contribution is 2.65. The zero-order chi connectivity index (χ0) is 24.0. The molecule has 0 unspecified atom stereocenters. The Hall–Kier alpha value is -1.93. The normalized spacial score (nSPS) is 40.6. The number of amides is 1. The van der Waals surface area contributed by atoms with Crippen molar-refractivity contribution in [2.45, 2.75) is 90.4 Å². The molecule has 1 amide bonds. The number of oxime groups is 1. The maximum atomic E-state index is 12.0. The average molecular weight is 463 g/mol. The van der Waals surface area contributed by atoms with Gasteiger partial charge in [-0.1, -0.05) is 24.6 Å². The fraction of sp³-hybridized carbons (Fsp3) is 0.800. The maximum Gasteiger partial charge on any atom is 0.328 e. The number of aliphatic hydroxyl groups is 2. The van der Waals surface area contributed by atoms with E-state index in [0.717, 1.165) is 50.7 Å². The van der Waals surface area contributed by atoms with Gasteiger partial charge in [-0.25, -0.2) is 4.79 Å². The number of fused-ring (bicyclic) bond motifs is 5. The molecule has 3 saturated carbocycles. The molecule has 184 valence electrons. The van der Waals surface area contributed by atoms with Crippen LogP contribution in [0.5, 0.6) is 0 Å². The first-order chi connectivity index (χ1) is 15.6. The van der Waals surface area contributed by atoms with Crippen molar-refractivity contribution in [1.29, 1.82) is 0 Å². The number of hydrogen-bond acceptors (Lipinski definition) is 6. The lowest BCUT2D eigenvalue weighted by atomic mass is 9.47. The largest absolute Gasteiger partial charge is 0.480 e. The van der Waals surface area contributed by atoms with Gasteiger partial charge in [-0.15, -0.1) is 0 Å². The molecule has 0 saturated heterocycles. The van der Waals surface area contributed by atoms with Crippen molar-refractivity contribution in [3.05, 3.63) is 11.6 Å². The third kappa shape index (κ3) is 4.32. The third-order valence-corrected chi connectivity index (χ3v) is 9.37. The predicted octanol–water partition coefficient (Wildman–Crippen LogP) is 2.63. The molecule has 33 heavy (non-hydrogen) atoms. The molecule has 0 bridgehead atoms. The van der Waals surface area contributed by atoms with Crippen LogP contribution in [0.25, 0.3) is 0 Å². The van der Waals surface area contributed by atoms with Crippen molar-refractivity contribution in [1.82, 2.24) is 5.32 Å². The minimum atomic E-state index is -1.38. The van der Waals surface area contributed by atoms with E-state index in [4.69, 9.17) is 9.94 Å². The Kier molecular flexibility index (Phi) is 6.62. The SMILES string of the molecule is C[C@H](O)[C@H](NC(=O)CO/N=C1\C=C2CC[C@H]3[C@H]4CC[C@H](O)[C@@]4(C)CC[C@H]3[C@@]2(C)CC1)C(=O)O. The smallest absolute Gasteiger partial charge is 0.328 e. The molecule has 0 aromatic rings. The number of carbonyl (C=O) groups excluding carboxylic acids is 1. The molecule has 8 atom stereocenters. The standard InChI is InChI=1S/C25H38N2O6/c1-14(28)22(23(31)32)26-21(30)13-33-27-16-8-10-24(2)15(12-16)4-5-17-18-6-7-20(29)25(18,3)11-9-19(17)24/h12,14,17-20,22,28-29H,4-11,13H2,1-3H3,(H,26,30)(H,31,32)/b27-16-/t14-,17-,18+,19+,20-,22-,24-,25-/m0/s1. The Labute approximate surface area is 195 Å². The highest BCUT2D eigenvalue weighted by Gasteiger charge is 2.58. The summed E-state index contributed by atoms with van der Waals surface area (Å²) in [5.74, 6) is 0.00935. The molecule has 0 heterocycles. The number of carboxylic acid groups (broad SMARTS) is 1. The van der Waals surface area contributed by atoms with Crippen LogP contribution in [0.2, 0.25) is 0 Å². The lowest BCUT2D eigenvalue weighted by Crippen LogP contribution is -2.51. The minimum Gasteiger partial charge on any atom is -0.480 e. The molecule has 4 N–H and O–H groups in total. The van der Waals surface area contributed by atoms with Gasteiger partial charge in [0, 0.05) is 0 Å². The lowest BCUT2D eigenvalue weighted by molar-refractivity contribution is -0.145. The quantitative estimate of drug-likeness (QED) is 0.449. The van der Waals surface area contributed by atoms with Gasteiger partial charge in [-0.2, -0.15) is 0 Å². The minimum absolute atomic E-state index is 0.0852. The van der Waals surface area contributed by atoms with Crippen LogP contribution in [-0.2, 0) is 14.4 Å². The number of allylic oxidation sites excluding steroid dienone is 2. The van der Waals surface area contributed by atoms with Crippen LogP contribution in [0.1, 0.15) is 72.1 Å². The van der Waals surface area contributed by atoms with Crippen LogP contribution in [0, 0.1) is 28.6 Å². The Balaban J connectivity index is 1.39. The average Bonchev–Trinajstić information content (AvgIpc) is 3.06. The van der Waals surface area contributed by atoms with Crippen LogP contribution < -0.4 is 5.32 Å². The van der Waals surface area contributed by atoms with Gasteiger partial charge in [0.1, 0.15) is 0 Å². The summed E-state index contributed by atoms with van der Waals surface area (Å²) in [5.41, 5.74) is 2.47. The molecular formula is C25H38N2O6. The first-order valence-corrected chi connectivity index (χ1v) is 12.3. The summed E-state index contributed by atoms with van der Waals surface area (Å²) in [6, 6.07) is -1.38. The van der Waals surface area contributed by atoms with E-state index in [9.17, 15) is 19.8 Å². The number of nitrogens with one attached hydrogen (secondary N) is 1. The second-order valence-corrected chi connectivity index (χ2v) is 11.1. The van der Waals surface area contributed by atoms with E-state index < -0.39 is 30.6 Å². The highest BCUT2D eigenvalue weighted by molar-refractivity contribution is 5.96. The monoisotopic (exact) mass is 462 g/mol. The Bertz CT molecular complexity index is 854. The molecule has 0 spiro atoms. The van der Waals surface area contributed by atoms with Crippen molar-refractivity contribution in [2.24, 2.45) is 33.7 Å². The van der Waals surface area contributed by atoms with E-state index in [1.807, 2.05) is 0 Å². The summed E-state index contributed by atoms with van der Waals surface area (Å²) in [4.78, 5) is 28.3. The van der Waals surface area contributed by atoms with E-state index in [-0.39, 0.29) is 16.9 Å². The molecule has 8 heteroatoms. The van der Waals surface area contributed by atoms with Crippen LogP contribution in [0.4, 0.5) is 0 Å². The first-order valence-electron chi connectivity index (χ1n) is 12.3. The lowest BCUT2D eigenvalue weighted by Gasteiger charge is -2.57. The Morgan fingerprint density at radius 2 is 1.94 bits per heavy atom. The van der Waals surface area contributed by atoms with E-state index in [0.29, 0.717) is 17.8 Å². The maximum absolute atomic E-state index is 12.0. The number of aliphatic hydroxyl groups excluding tert-OH is 2. The third-order valence-electron chi connectivity index (χ3n) is 9.37. The summed E-state index contributed by atoms with van der Waals surface area (Å²) in [6.07, 6.45) is 9.11. The van der Waals surface area contributed by atoms with Crippen LogP contribution in [0.3, 0.4) is 0 Å². The second kappa shape index (κ2) is 9.02. The molecular weight excluding hydrogens is 424 g/mol. The van der Waals surface area contributed by atoms with Crippen molar-refractivity contribution in [3.63, 3.8) is 0 Å². The van der Waals surface area contributed by atoms with Crippen molar-refractivity contribution in [2.75, 3.05) is 6.61 Å². The van der Waals surface area contributed by atoms with Gasteiger partial charge in [0.15, 0.2) is 12.6 Å². The van der Waals surface area contributed by atoms with E-state index >= 15 is 0 Å². The number of carboxylic acids is 1. The fourth-order valence-corrected chi connectivity index (χ4v) is 7.39. The zero-order valence-corrected chi connectivity index (χ0v) is 19.9. The van der Waals surface area contributed by atoms with E-state index in [1.54, 1.807) is 0 Å². The number of hydrogen-bond donors (Lipinski definition) is 4. The van der Waals surface area contributed by atoms with E-state index in [1.165, 1.54) is 18.9 Å². The fourth-order valence-electron chi connectivity index (χ4n) is 7.39. The summed E-state index contributed by atoms with van der Waals surface area (Å²) in [7, 11) is 0. The van der Waals surface area contributed by atoms with Gasteiger partial charge in [-0.05, 0) is 93.0 Å². The topological polar surface area (TPSA) is 128 Å². The molecule has 0 aromatic carbocycles. The van der Waals surface area contributed by atoms with Crippen LogP contribution >= 0.6 is 0 Å². The summed E-state index contributed by atoms with van der Waals surface area (Å²) < 4.78 is 0. The number of aliphatic carboxylic acids is 1. The van der Waals surface area contributed by atoms with Crippen molar-refractivity contribution in [3.8, 4) is 0 Å². The molecule has 0 radical (unpaired) electrons. The predicted molar refractivity (Wildman–Crippen MR) is 122 cm³/mol. The Morgan fingerprint density at radius 1 is 1.18 bits per heavy atom. The van der Waals surface area contributed by atoms with Crippen LogP contribution in [0.15, 0.2) is 16.8 Å². The molecule has 4 rings (SSSR count). The molecule has 8 nitrogen and oxygen atoms in total.